The normalized spacial score (nSPS) is 23.3. The smallest absolute Gasteiger partial charge is 0.194 e. The van der Waals surface area contributed by atoms with Crippen molar-refractivity contribution in [2.24, 2.45) is 17.1 Å². The van der Waals surface area contributed by atoms with Crippen LogP contribution in [0.4, 0.5) is 0 Å². The minimum Gasteiger partial charge on any atom is -0.469 e. The van der Waals surface area contributed by atoms with Crippen LogP contribution in [-0.2, 0) is 6.54 Å². The summed E-state index contributed by atoms with van der Waals surface area (Å²) in [6, 6.07) is 20.0. The molecule has 2 aliphatic rings. The summed E-state index contributed by atoms with van der Waals surface area (Å²) in [6.45, 7) is 1.99. The van der Waals surface area contributed by atoms with Gasteiger partial charge in [0.15, 0.2) is 5.41 Å². The molecule has 6 heteroatoms. The molecule has 0 fully saturated rings. The van der Waals surface area contributed by atoms with Crippen LogP contribution < -0.4 is 5.73 Å². The molecular weight excluding hydrogens is 362 g/mol. The number of nitriles is 3. The third kappa shape index (κ3) is 2.90. The first-order chi connectivity index (χ1) is 14.1. The second-order valence-electron chi connectivity index (χ2n) is 7.37. The van der Waals surface area contributed by atoms with Crippen molar-refractivity contribution in [1.82, 2.24) is 4.90 Å². The molecule has 0 bridgehead atoms. The Bertz CT molecular complexity index is 1080. The largest absolute Gasteiger partial charge is 0.469 e. The van der Waals surface area contributed by atoms with Gasteiger partial charge in [-0.1, -0.05) is 36.4 Å². The summed E-state index contributed by atoms with van der Waals surface area (Å²) in [6.07, 6.45) is 3.53. The Morgan fingerprint density at radius 1 is 1.10 bits per heavy atom. The fourth-order valence-electron chi connectivity index (χ4n) is 4.48. The number of nitrogens with zero attached hydrogens (tertiary/aromatic N) is 4. The van der Waals surface area contributed by atoms with Gasteiger partial charge in [0.2, 0.25) is 0 Å². The minimum absolute atomic E-state index is 0.0189. The molecule has 1 aliphatic heterocycles. The average Bonchev–Trinajstić information content (AvgIpc) is 3.28. The number of benzene rings is 1. The lowest BCUT2D eigenvalue weighted by Crippen LogP contribution is -2.47. The summed E-state index contributed by atoms with van der Waals surface area (Å²) < 4.78 is 5.64. The molecule has 0 saturated carbocycles. The molecule has 1 aromatic heterocycles. The summed E-state index contributed by atoms with van der Waals surface area (Å²) in [7, 11) is 0. The zero-order chi connectivity index (χ0) is 20.4. The van der Waals surface area contributed by atoms with Gasteiger partial charge < -0.3 is 10.2 Å². The molecule has 6 nitrogen and oxygen atoms in total. The Morgan fingerprint density at radius 2 is 1.86 bits per heavy atom. The predicted octanol–water partition coefficient (Wildman–Crippen LogP) is 3.21. The van der Waals surface area contributed by atoms with Gasteiger partial charge in [-0.05, 0) is 23.3 Å². The van der Waals surface area contributed by atoms with Crippen molar-refractivity contribution in [2.75, 3.05) is 13.1 Å². The van der Waals surface area contributed by atoms with E-state index >= 15 is 0 Å². The van der Waals surface area contributed by atoms with Crippen molar-refractivity contribution < 1.29 is 4.42 Å². The van der Waals surface area contributed by atoms with Gasteiger partial charge in [-0.3, -0.25) is 4.90 Å². The number of nitrogens with two attached hydrogens (primary N) is 1. The third-order valence-electron chi connectivity index (χ3n) is 5.84. The molecule has 2 atom stereocenters. The minimum atomic E-state index is -1.65. The Labute approximate surface area is 169 Å². The lowest BCUT2D eigenvalue weighted by Gasteiger charge is -2.44. The molecule has 1 aromatic carbocycles. The zero-order valence-corrected chi connectivity index (χ0v) is 15.7. The van der Waals surface area contributed by atoms with Gasteiger partial charge in [0.25, 0.3) is 0 Å². The van der Waals surface area contributed by atoms with Crippen LogP contribution >= 0.6 is 0 Å². The monoisotopic (exact) mass is 381 g/mol. The van der Waals surface area contributed by atoms with Crippen LogP contribution in [0, 0.1) is 45.3 Å². The summed E-state index contributed by atoms with van der Waals surface area (Å²) in [5.41, 5.74) is 6.87. The highest BCUT2D eigenvalue weighted by atomic mass is 16.3. The Morgan fingerprint density at radius 3 is 2.48 bits per heavy atom. The zero-order valence-electron chi connectivity index (χ0n) is 15.7. The van der Waals surface area contributed by atoms with Crippen LogP contribution in [0.5, 0.6) is 0 Å². The van der Waals surface area contributed by atoms with Gasteiger partial charge in [-0.25, -0.2) is 0 Å². The molecule has 2 N–H and O–H groups in total. The van der Waals surface area contributed by atoms with Gasteiger partial charge >= 0.3 is 0 Å². The van der Waals surface area contributed by atoms with Gasteiger partial charge in [0.1, 0.15) is 11.8 Å². The highest BCUT2D eigenvalue weighted by Crippen LogP contribution is 2.54. The number of hydrogen-bond acceptors (Lipinski definition) is 6. The first-order valence-electron chi connectivity index (χ1n) is 9.37. The van der Waals surface area contributed by atoms with E-state index < -0.39 is 11.3 Å². The second kappa shape index (κ2) is 7.32. The highest BCUT2D eigenvalue weighted by molar-refractivity contribution is 5.58. The van der Waals surface area contributed by atoms with E-state index in [1.807, 2.05) is 24.3 Å². The van der Waals surface area contributed by atoms with E-state index in [0.29, 0.717) is 18.8 Å². The first kappa shape index (κ1) is 18.6. The third-order valence-corrected chi connectivity index (χ3v) is 5.84. The fraction of sp³-hybridized carbons (Fsp3) is 0.261. The number of rotatable bonds is 3. The highest BCUT2D eigenvalue weighted by Gasteiger charge is 2.55. The maximum Gasteiger partial charge on any atom is 0.194 e. The summed E-state index contributed by atoms with van der Waals surface area (Å²) in [5, 5.41) is 29.8. The maximum atomic E-state index is 10.0. The SMILES string of the molecule is N#CC1=C(N)C(C#N)(C#N)[C@@H](c2ccco2)[C@@H]2CN(Cc3ccccc3)CC=C12. The molecule has 4 rings (SSSR count). The molecule has 29 heavy (non-hydrogen) atoms. The fourth-order valence-corrected chi connectivity index (χ4v) is 4.48. The Balaban J connectivity index is 1.82. The summed E-state index contributed by atoms with van der Waals surface area (Å²) in [5.74, 6) is -0.306. The molecule has 2 aromatic rings. The predicted molar refractivity (Wildman–Crippen MR) is 105 cm³/mol. The van der Waals surface area contributed by atoms with Gasteiger partial charge in [-0.15, -0.1) is 0 Å². The topological polar surface area (TPSA) is 114 Å². The van der Waals surface area contributed by atoms with E-state index in [1.165, 1.54) is 11.8 Å². The number of fused-ring (bicyclic) bond motifs is 1. The van der Waals surface area contributed by atoms with E-state index in [9.17, 15) is 15.8 Å². The van der Waals surface area contributed by atoms with Gasteiger partial charge in [-0.2, -0.15) is 15.8 Å². The molecule has 0 radical (unpaired) electrons. The Hall–Kier alpha value is -3.79. The van der Waals surface area contributed by atoms with Crippen molar-refractivity contribution in [3.63, 3.8) is 0 Å². The van der Waals surface area contributed by atoms with Crippen molar-refractivity contribution in [3.8, 4) is 18.2 Å². The van der Waals surface area contributed by atoms with E-state index in [0.717, 1.165) is 12.1 Å². The lowest BCUT2D eigenvalue weighted by molar-refractivity contribution is 0.188. The van der Waals surface area contributed by atoms with Crippen molar-refractivity contribution in [1.29, 1.82) is 15.8 Å². The van der Waals surface area contributed by atoms with Crippen LogP contribution in [0.3, 0.4) is 0 Å². The average molecular weight is 381 g/mol. The number of allylic oxidation sites excluding steroid dienone is 2. The van der Waals surface area contributed by atoms with Crippen LogP contribution in [0.1, 0.15) is 17.2 Å². The van der Waals surface area contributed by atoms with E-state index in [-0.39, 0.29) is 17.2 Å². The molecule has 0 spiro atoms. The van der Waals surface area contributed by atoms with Crippen molar-refractivity contribution >= 4 is 0 Å². The first-order valence-corrected chi connectivity index (χ1v) is 9.37. The second-order valence-corrected chi connectivity index (χ2v) is 7.37. The van der Waals surface area contributed by atoms with E-state index in [1.54, 1.807) is 12.1 Å². The molecule has 0 unspecified atom stereocenters. The summed E-state index contributed by atoms with van der Waals surface area (Å²) in [4.78, 5) is 2.25. The van der Waals surface area contributed by atoms with Gasteiger partial charge in [0, 0.05) is 25.6 Å². The number of hydrogen-bond donors (Lipinski definition) is 1. The lowest BCUT2D eigenvalue weighted by atomic mass is 9.59. The van der Waals surface area contributed by atoms with E-state index in [4.69, 9.17) is 10.2 Å². The molecule has 2 heterocycles. The van der Waals surface area contributed by atoms with Crippen LogP contribution in [-0.4, -0.2) is 18.0 Å². The number of furan rings is 1. The summed E-state index contributed by atoms with van der Waals surface area (Å²) >= 11 is 0. The van der Waals surface area contributed by atoms with Gasteiger partial charge in [0.05, 0.1) is 35.6 Å². The quantitative estimate of drug-likeness (QED) is 0.873. The van der Waals surface area contributed by atoms with E-state index in [2.05, 4.69) is 35.2 Å². The molecular formula is C23H19N5O. The Kier molecular flexibility index (Phi) is 4.69. The van der Waals surface area contributed by atoms with Crippen molar-refractivity contribution in [2.45, 2.75) is 12.5 Å². The maximum absolute atomic E-state index is 10.0. The van der Waals surface area contributed by atoms with Crippen LogP contribution in [0.15, 0.2) is 76.1 Å². The standard InChI is InChI=1S/C23H19N5O/c24-11-18-17-8-9-28(12-16-5-2-1-3-6-16)13-19(17)21(20-7-4-10-29-20)23(14-25,15-26)22(18)27/h1-8,10,19,21H,9,12-13,27H2/t19-,21-/m1/s1. The van der Waals surface area contributed by atoms with Crippen LogP contribution in [0.2, 0.25) is 0 Å². The molecule has 1 aliphatic carbocycles. The molecule has 142 valence electrons. The molecule has 0 saturated heterocycles. The van der Waals surface area contributed by atoms with Crippen molar-refractivity contribution in [3.05, 3.63) is 83.0 Å². The van der Waals surface area contributed by atoms with Crippen LogP contribution in [0.25, 0.3) is 0 Å². The molecule has 0 amide bonds.